The maximum absolute atomic E-state index is 13.1. The number of alkyl halides is 3. The highest BCUT2D eigenvalue weighted by molar-refractivity contribution is 8.15. The van der Waals surface area contributed by atoms with Crippen LogP contribution < -0.4 is 15.0 Å². The van der Waals surface area contributed by atoms with E-state index in [-0.39, 0.29) is 45.6 Å². The van der Waals surface area contributed by atoms with E-state index in [2.05, 4.69) is 25.1 Å². The van der Waals surface area contributed by atoms with Crippen molar-refractivity contribution in [2.45, 2.75) is 33.1 Å². The lowest BCUT2D eigenvalue weighted by atomic mass is 9.99. The summed E-state index contributed by atoms with van der Waals surface area (Å²) in [6.07, 6.45) is -0.210. The first-order valence-corrected chi connectivity index (χ1v) is 15.4. The van der Waals surface area contributed by atoms with Gasteiger partial charge in [0.25, 0.3) is 0 Å². The van der Waals surface area contributed by atoms with Gasteiger partial charge in [0.1, 0.15) is 12.1 Å². The first kappa shape index (κ1) is 33.9. The Hall–Kier alpha value is -5.44. The number of urea groups is 1. The summed E-state index contributed by atoms with van der Waals surface area (Å²) < 4.78 is 47.5. The molecule has 0 radical (unpaired) electrons. The fraction of sp³-hybridized carbons (Fsp3) is 0.212. The van der Waals surface area contributed by atoms with Gasteiger partial charge in [-0.25, -0.2) is 19.3 Å². The van der Waals surface area contributed by atoms with Gasteiger partial charge in [-0.3, -0.25) is 9.69 Å². The van der Waals surface area contributed by atoms with Crippen molar-refractivity contribution < 1.29 is 37.0 Å². The highest BCUT2D eigenvalue weighted by Crippen LogP contribution is 2.34. The highest BCUT2D eigenvalue weighted by atomic mass is 32.2. The topological polar surface area (TPSA) is 128 Å². The molecule has 11 nitrogen and oxygen atoms in total. The van der Waals surface area contributed by atoms with Crippen LogP contribution in [0.1, 0.15) is 52.6 Å². The van der Waals surface area contributed by atoms with Crippen LogP contribution in [0.5, 0.6) is 5.75 Å². The lowest BCUT2D eigenvalue weighted by molar-refractivity contribution is -0.274. The monoisotopic (exact) mass is 678 g/mol. The van der Waals surface area contributed by atoms with Crippen molar-refractivity contribution in [1.82, 2.24) is 14.8 Å². The average molecular weight is 679 g/mol. The van der Waals surface area contributed by atoms with Gasteiger partial charge in [0, 0.05) is 0 Å². The third-order valence-corrected chi connectivity index (χ3v) is 7.89. The van der Waals surface area contributed by atoms with Crippen LogP contribution in [-0.4, -0.2) is 57.1 Å². The van der Waals surface area contributed by atoms with Crippen LogP contribution in [0.3, 0.4) is 0 Å². The van der Waals surface area contributed by atoms with E-state index in [1.165, 1.54) is 47.3 Å². The number of hydrogen-bond donors (Lipinski definition) is 1. The number of carbonyl (C=O) groups excluding carboxylic acids is 3. The van der Waals surface area contributed by atoms with Crippen molar-refractivity contribution in [3.63, 3.8) is 0 Å². The number of aromatic nitrogens is 3. The van der Waals surface area contributed by atoms with E-state index in [1.807, 2.05) is 39.0 Å². The summed E-state index contributed by atoms with van der Waals surface area (Å²) in [6.45, 7) is 5.96. The molecule has 1 aromatic heterocycles. The standard InChI is InChI=1S/C33H29F3N6O5S/c1-19(2)24-12-5-20(3)15-27(24)42-29(43)17-48-32(42)39-31(45)38-26-13-6-21(16-25(26)30(44)46-4)7-14-28-37-18-41(40-28)22-8-10-23(11-9-22)47-33(34,35)36/h5-16,18-19H,17H2,1-4H3,(H,38,45)/b14-7+,39-32-. The maximum Gasteiger partial charge on any atom is 0.573 e. The number of thioether (sulfide) groups is 1. The number of anilines is 2. The van der Waals surface area contributed by atoms with Gasteiger partial charge in [0.2, 0.25) is 5.91 Å². The third-order valence-electron chi connectivity index (χ3n) is 6.97. The van der Waals surface area contributed by atoms with E-state index >= 15 is 0 Å². The second kappa shape index (κ2) is 14.1. The molecule has 3 aromatic carbocycles. The van der Waals surface area contributed by atoms with E-state index in [1.54, 1.807) is 18.2 Å². The zero-order chi connectivity index (χ0) is 34.6. The van der Waals surface area contributed by atoms with Crippen molar-refractivity contribution in [2.75, 3.05) is 23.1 Å². The van der Waals surface area contributed by atoms with Gasteiger partial charge in [0.05, 0.1) is 35.5 Å². The summed E-state index contributed by atoms with van der Waals surface area (Å²) in [5.41, 5.74) is 3.78. The first-order chi connectivity index (χ1) is 22.8. The molecule has 0 aliphatic carbocycles. The van der Waals surface area contributed by atoms with E-state index in [0.717, 1.165) is 35.0 Å². The summed E-state index contributed by atoms with van der Waals surface area (Å²) in [5.74, 6) is -0.737. The Labute approximate surface area is 277 Å². The molecule has 0 unspecified atom stereocenters. The van der Waals surface area contributed by atoms with Crippen LogP contribution in [0.2, 0.25) is 0 Å². The molecule has 1 N–H and O–H groups in total. The van der Waals surface area contributed by atoms with Gasteiger partial charge in [-0.15, -0.1) is 18.3 Å². The number of ether oxygens (including phenoxy) is 2. The molecule has 1 aliphatic rings. The Morgan fingerprint density at radius 2 is 1.81 bits per heavy atom. The van der Waals surface area contributed by atoms with Crippen molar-refractivity contribution in [2.24, 2.45) is 4.99 Å². The molecular formula is C33H29F3N6O5S. The normalized spacial score (nSPS) is 14.3. The molecule has 48 heavy (non-hydrogen) atoms. The van der Waals surface area contributed by atoms with Crippen molar-refractivity contribution in [3.05, 3.63) is 95.1 Å². The van der Waals surface area contributed by atoms with Crippen LogP contribution in [0, 0.1) is 6.92 Å². The molecular weight excluding hydrogens is 649 g/mol. The lowest BCUT2D eigenvalue weighted by Gasteiger charge is -2.22. The number of aliphatic imine (C=N–C) groups is 1. The highest BCUT2D eigenvalue weighted by Gasteiger charge is 2.33. The number of esters is 1. The smallest absolute Gasteiger partial charge is 0.465 e. The molecule has 1 aliphatic heterocycles. The molecule has 5 rings (SSSR count). The minimum atomic E-state index is -4.79. The number of carbonyl (C=O) groups is 3. The number of aryl methyl sites for hydroxylation is 1. The lowest BCUT2D eigenvalue weighted by Crippen LogP contribution is -2.31. The van der Waals surface area contributed by atoms with Gasteiger partial charge < -0.3 is 14.8 Å². The molecule has 2 heterocycles. The zero-order valence-electron chi connectivity index (χ0n) is 26.1. The van der Waals surface area contributed by atoms with Gasteiger partial charge in [-0.1, -0.05) is 49.9 Å². The van der Waals surface area contributed by atoms with Crippen molar-refractivity contribution >= 4 is 58.4 Å². The molecule has 0 spiro atoms. The first-order valence-electron chi connectivity index (χ1n) is 14.5. The molecule has 1 fully saturated rings. The second-order valence-corrected chi connectivity index (χ2v) is 11.7. The molecule has 4 aromatic rings. The summed E-state index contributed by atoms with van der Waals surface area (Å²) in [7, 11) is 1.21. The molecule has 248 valence electrons. The quantitative estimate of drug-likeness (QED) is 0.194. The Morgan fingerprint density at radius 1 is 1.06 bits per heavy atom. The number of amides is 3. The summed E-state index contributed by atoms with van der Waals surface area (Å²) >= 11 is 1.15. The molecule has 15 heteroatoms. The van der Waals surface area contributed by atoms with Crippen molar-refractivity contribution in [3.8, 4) is 11.4 Å². The van der Waals surface area contributed by atoms with Gasteiger partial charge in [-0.05, 0) is 78.1 Å². The average Bonchev–Trinajstić information content (AvgIpc) is 3.65. The number of nitrogens with zero attached hydrogens (tertiary/aromatic N) is 5. The van der Waals surface area contributed by atoms with E-state index in [9.17, 15) is 27.6 Å². The third kappa shape index (κ3) is 8.09. The van der Waals surface area contributed by atoms with Crippen molar-refractivity contribution in [1.29, 1.82) is 0 Å². The van der Waals surface area contributed by atoms with Crippen LogP contribution in [0.25, 0.3) is 17.8 Å². The van der Waals surface area contributed by atoms with E-state index in [4.69, 9.17) is 4.74 Å². The fourth-order valence-corrected chi connectivity index (χ4v) is 5.61. The van der Waals surface area contributed by atoms with Gasteiger partial charge in [0.15, 0.2) is 11.0 Å². The van der Waals surface area contributed by atoms with Crippen LogP contribution in [0.4, 0.5) is 29.3 Å². The predicted octanol–water partition coefficient (Wildman–Crippen LogP) is 7.22. The van der Waals surface area contributed by atoms with Crippen LogP contribution in [0.15, 0.2) is 72.0 Å². The van der Waals surface area contributed by atoms with Gasteiger partial charge in [-0.2, -0.15) is 4.99 Å². The Balaban J connectivity index is 1.33. The summed E-state index contributed by atoms with van der Waals surface area (Å²) in [4.78, 5) is 48.5. The maximum atomic E-state index is 13.1. The minimum Gasteiger partial charge on any atom is -0.465 e. The summed E-state index contributed by atoms with van der Waals surface area (Å²) in [5, 5.41) is 7.14. The number of halogens is 3. The summed E-state index contributed by atoms with van der Waals surface area (Å²) in [6, 6.07) is 14.8. The predicted molar refractivity (Wildman–Crippen MR) is 176 cm³/mol. The number of nitrogens with one attached hydrogen (secondary N) is 1. The fourth-order valence-electron chi connectivity index (χ4n) is 4.75. The number of rotatable bonds is 8. The SMILES string of the molecule is COC(=O)c1cc(/C=C/c2ncn(-c3ccc(OC(F)(F)F)cc3)n2)ccc1NC(=O)/N=C1\SCC(=O)N1c1cc(C)ccc1C(C)C. The molecule has 0 atom stereocenters. The molecule has 0 bridgehead atoms. The second-order valence-electron chi connectivity index (χ2n) is 10.8. The minimum absolute atomic E-state index is 0.0561. The van der Waals surface area contributed by atoms with E-state index in [0.29, 0.717) is 16.9 Å². The van der Waals surface area contributed by atoms with Gasteiger partial charge >= 0.3 is 18.4 Å². The van der Waals surface area contributed by atoms with Crippen LogP contribution in [-0.2, 0) is 9.53 Å². The largest absolute Gasteiger partial charge is 0.573 e. The molecule has 3 amide bonds. The molecule has 1 saturated heterocycles. The Morgan fingerprint density at radius 3 is 2.50 bits per heavy atom. The van der Waals surface area contributed by atoms with Crippen LogP contribution >= 0.6 is 11.8 Å². The number of amidine groups is 1. The molecule has 0 saturated carbocycles. The van der Waals surface area contributed by atoms with E-state index < -0.39 is 18.4 Å². The number of benzene rings is 3. The number of hydrogen-bond acceptors (Lipinski definition) is 8. The number of methoxy groups -OCH3 is 1. The Kier molecular flexibility index (Phi) is 9.98. The Bertz CT molecular complexity index is 1920. The zero-order valence-corrected chi connectivity index (χ0v) is 26.9.